The lowest BCUT2D eigenvalue weighted by Gasteiger charge is -2.25. The number of sulfone groups is 1. The molecular formula is C38H28N2O14S3. The van der Waals surface area contributed by atoms with E-state index in [0.29, 0.717) is 11.6 Å². The molecule has 0 saturated heterocycles. The summed E-state index contributed by atoms with van der Waals surface area (Å²) in [5.74, 6) is -3.94. The summed E-state index contributed by atoms with van der Waals surface area (Å²) in [5.41, 5.74) is -3.84. The number of pyridine rings is 1. The van der Waals surface area contributed by atoms with Gasteiger partial charge in [0.25, 0.3) is 25.8 Å². The molecule has 0 fully saturated rings. The zero-order valence-corrected chi connectivity index (χ0v) is 31.5. The van der Waals surface area contributed by atoms with Crippen molar-refractivity contribution in [3.05, 3.63) is 124 Å². The number of ether oxygens (including phenoxy) is 1. The fourth-order valence-electron chi connectivity index (χ4n) is 6.73. The Labute approximate surface area is 323 Å². The van der Waals surface area contributed by atoms with E-state index in [-0.39, 0.29) is 35.1 Å². The Hall–Kier alpha value is -6.25. The molecule has 5 aromatic carbocycles. The van der Waals surface area contributed by atoms with Gasteiger partial charge in [-0.05, 0) is 58.7 Å². The molecular weight excluding hydrogens is 805 g/mol. The number of esters is 1. The van der Waals surface area contributed by atoms with E-state index in [0.717, 1.165) is 29.0 Å². The first-order valence-electron chi connectivity index (χ1n) is 16.7. The van der Waals surface area contributed by atoms with E-state index < -0.39 is 108 Å². The van der Waals surface area contributed by atoms with Crippen molar-refractivity contribution in [2.75, 3.05) is 11.1 Å². The number of aliphatic carboxylic acids is 1. The van der Waals surface area contributed by atoms with Crippen LogP contribution in [0.5, 0.6) is 0 Å². The van der Waals surface area contributed by atoms with Crippen molar-refractivity contribution in [3.63, 3.8) is 0 Å². The van der Waals surface area contributed by atoms with Gasteiger partial charge in [0.2, 0.25) is 0 Å². The van der Waals surface area contributed by atoms with Crippen LogP contribution >= 0.6 is 0 Å². The highest BCUT2D eigenvalue weighted by Gasteiger charge is 2.36. The number of nitrogens with one attached hydrogen (secondary N) is 2. The second-order valence-electron chi connectivity index (χ2n) is 12.9. The van der Waals surface area contributed by atoms with Gasteiger partial charge in [-0.1, -0.05) is 60.7 Å². The highest BCUT2D eigenvalue weighted by atomic mass is 32.2. The molecule has 292 valence electrons. The smallest absolute Gasteiger partial charge is 0.344 e. The maximum absolute atomic E-state index is 14.4. The molecule has 1 heterocycles. The maximum Gasteiger partial charge on any atom is 0.344 e. The number of aromatic nitrogens is 1. The number of hydrogen-bond donors (Lipinski definition) is 5. The number of aromatic amines is 1. The number of benzene rings is 5. The molecule has 1 aromatic heterocycles. The van der Waals surface area contributed by atoms with Crippen molar-refractivity contribution in [1.29, 1.82) is 0 Å². The number of carboxylic acid groups (broad SMARTS) is 1. The number of hydrogen-bond acceptors (Lipinski definition) is 12. The molecule has 57 heavy (non-hydrogen) atoms. The molecule has 7 rings (SSSR count). The molecule has 0 bridgehead atoms. The van der Waals surface area contributed by atoms with E-state index >= 15 is 0 Å². The van der Waals surface area contributed by atoms with Crippen LogP contribution < -0.4 is 10.9 Å². The second-order valence-corrected chi connectivity index (χ2v) is 17.8. The molecule has 0 unspecified atom stereocenters. The molecule has 5 N–H and O–H groups in total. The van der Waals surface area contributed by atoms with Crippen LogP contribution in [0.2, 0.25) is 0 Å². The van der Waals surface area contributed by atoms with E-state index in [2.05, 4.69) is 10.3 Å². The first-order valence-corrected chi connectivity index (χ1v) is 21.2. The van der Waals surface area contributed by atoms with E-state index in [4.69, 9.17) is 9.84 Å². The van der Waals surface area contributed by atoms with Crippen LogP contribution in [0, 0.1) is 0 Å². The molecule has 0 atom stereocenters. The quantitative estimate of drug-likeness (QED) is 0.0789. The number of H-pyrrole nitrogens is 1. The van der Waals surface area contributed by atoms with Gasteiger partial charge >= 0.3 is 11.9 Å². The van der Waals surface area contributed by atoms with E-state index in [1.165, 1.54) is 24.3 Å². The Balaban J connectivity index is 1.45. The third-order valence-electron chi connectivity index (χ3n) is 9.25. The summed E-state index contributed by atoms with van der Waals surface area (Å²) in [4.78, 5) is 52.9. The maximum atomic E-state index is 14.4. The summed E-state index contributed by atoms with van der Waals surface area (Å²) >= 11 is 0. The van der Waals surface area contributed by atoms with Crippen molar-refractivity contribution in [2.24, 2.45) is 0 Å². The van der Waals surface area contributed by atoms with Crippen LogP contribution in [0.25, 0.3) is 32.8 Å². The van der Waals surface area contributed by atoms with E-state index in [1.54, 1.807) is 12.1 Å². The first kappa shape index (κ1) is 39.0. The lowest BCUT2D eigenvalue weighted by Crippen LogP contribution is -2.26. The van der Waals surface area contributed by atoms with Crippen LogP contribution in [0.1, 0.15) is 44.7 Å². The summed E-state index contributed by atoms with van der Waals surface area (Å²) < 4.78 is 103. The van der Waals surface area contributed by atoms with Crippen molar-refractivity contribution in [2.45, 2.75) is 34.1 Å². The zero-order chi connectivity index (χ0) is 41.0. The Kier molecular flexibility index (Phi) is 9.82. The fourth-order valence-corrected chi connectivity index (χ4v) is 9.37. The van der Waals surface area contributed by atoms with Crippen LogP contribution in [0.3, 0.4) is 0 Å². The van der Waals surface area contributed by atoms with Crippen molar-refractivity contribution < 1.29 is 58.6 Å². The minimum atomic E-state index is -5.31. The zero-order valence-electron chi connectivity index (χ0n) is 29.0. The minimum Gasteiger partial charge on any atom is -0.481 e. The van der Waals surface area contributed by atoms with E-state index in [1.807, 2.05) is 30.3 Å². The summed E-state index contributed by atoms with van der Waals surface area (Å²) in [5, 5.41) is 12.9. The first-order chi connectivity index (χ1) is 26.8. The Morgan fingerprint density at radius 3 is 2.07 bits per heavy atom. The number of ketones is 1. The molecule has 1 aliphatic carbocycles. The van der Waals surface area contributed by atoms with Crippen LogP contribution in [0.15, 0.2) is 110 Å². The molecule has 16 nitrogen and oxygen atoms in total. The van der Waals surface area contributed by atoms with Gasteiger partial charge in [0, 0.05) is 22.9 Å². The summed E-state index contributed by atoms with van der Waals surface area (Å²) in [6.07, 6.45) is -0.811. The van der Waals surface area contributed by atoms with Crippen molar-refractivity contribution in [3.8, 4) is 11.1 Å². The third kappa shape index (κ3) is 7.41. The van der Waals surface area contributed by atoms with Gasteiger partial charge in [0.1, 0.15) is 22.0 Å². The lowest BCUT2D eigenvalue weighted by atomic mass is 9.81. The fraction of sp³-hybridized carbons (Fsp3) is 0.105. The van der Waals surface area contributed by atoms with E-state index in [9.17, 15) is 53.5 Å². The molecule has 6 aromatic rings. The SMILES string of the molecule is O=C(O)CCCS(=O)(=O)c1ccc(S(=O)(=O)O)c(Nc2cc(S(=O)(=O)O)c3[nH]c(=O)c(C(=O)OCc4ccc5ccccc5c4)c4c3c2C(=O)c2ccccc2-4)c1. The predicted octanol–water partition coefficient (Wildman–Crippen LogP) is 5.13. The predicted molar refractivity (Wildman–Crippen MR) is 205 cm³/mol. The number of rotatable bonds is 12. The van der Waals surface area contributed by atoms with Gasteiger partial charge < -0.3 is 20.1 Å². The topological polar surface area (TPSA) is 268 Å². The number of fused-ring (bicyclic) bond motifs is 3. The highest BCUT2D eigenvalue weighted by Crippen LogP contribution is 2.46. The largest absolute Gasteiger partial charge is 0.481 e. The molecule has 0 saturated carbocycles. The molecule has 0 spiro atoms. The van der Waals surface area contributed by atoms with Gasteiger partial charge in [-0.15, -0.1) is 0 Å². The number of anilines is 2. The van der Waals surface area contributed by atoms with Gasteiger partial charge in [-0.2, -0.15) is 16.8 Å². The normalized spacial score (nSPS) is 12.7. The Bertz CT molecular complexity index is 3140. The van der Waals surface area contributed by atoms with Crippen LogP contribution in [-0.4, -0.2) is 67.9 Å². The average Bonchev–Trinajstić information content (AvgIpc) is 3.14. The standard InChI is InChI=1S/C38H28N2O14S3/c41-30(42)10-5-15-55(46,47)23-13-14-28(56(48,49)50)26(17-23)39-27-18-29(57(51,52)53)35-33-31(24-8-3-4-9-25(24)36(43)32(27)33)34(37(44)40-35)38(45)54-19-20-11-12-21-6-1-2-7-22(21)16-20/h1-4,6-9,11-14,16-18,39H,5,10,15,19H2,(H,40,44)(H,41,42)(H,48,49,50)(H,51,52,53). The van der Waals surface area contributed by atoms with Gasteiger partial charge in [0.15, 0.2) is 15.6 Å². The molecule has 0 amide bonds. The second kappa shape index (κ2) is 14.4. The minimum absolute atomic E-state index is 0.00951. The van der Waals surface area contributed by atoms with Crippen molar-refractivity contribution in [1.82, 2.24) is 4.98 Å². The summed E-state index contributed by atoms with van der Waals surface area (Å²) in [6, 6.07) is 21.5. The number of carboxylic acids is 1. The lowest BCUT2D eigenvalue weighted by molar-refractivity contribution is -0.137. The molecule has 19 heteroatoms. The monoisotopic (exact) mass is 832 g/mol. The van der Waals surface area contributed by atoms with Gasteiger partial charge in [0.05, 0.1) is 33.1 Å². The third-order valence-corrected chi connectivity index (χ3v) is 12.8. The van der Waals surface area contributed by atoms with Gasteiger partial charge in [-0.3, -0.25) is 23.5 Å². The Morgan fingerprint density at radius 1 is 0.719 bits per heavy atom. The summed E-state index contributed by atoms with van der Waals surface area (Å²) in [6.45, 7) is -0.306. The summed E-state index contributed by atoms with van der Waals surface area (Å²) in [7, 11) is -14.8. The molecule has 0 aliphatic heterocycles. The molecule has 1 aliphatic rings. The number of carbonyl (C=O) groups excluding carboxylic acids is 2. The highest BCUT2D eigenvalue weighted by molar-refractivity contribution is 7.91. The average molecular weight is 833 g/mol. The molecule has 0 radical (unpaired) electrons. The van der Waals surface area contributed by atoms with Gasteiger partial charge in [-0.25, -0.2) is 13.2 Å². The van der Waals surface area contributed by atoms with Crippen LogP contribution in [0.4, 0.5) is 11.4 Å². The Morgan fingerprint density at radius 2 is 1.39 bits per heavy atom. The number of carbonyl (C=O) groups is 3. The van der Waals surface area contributed by atoms with Crippen LogP contribution in [-0.2, 0) is 46.2 Å². The van der Waals surface area contributed by atoms with Crippen molar-refractivity contribution >= 4 is 80.8 Å².